The van der Waals surface area contributed by atoms with Gasteiger partial charge in [0.2, 0.25) is 15.9 Å². The number of sulfonamides is 1. The predicted octanol–water partition coefficient (Wildman–Crippen LogP) is 1.18. The van der Waals surface area contributed by atoms with Crippen molar-refractivity contribution in [3.05, 3.63) is 24.3 Å². The van der Waals surface area contributed by atoms with Gasteiger partial charge in [-0.1, -0.05) is 6.07 Å². The molecule has 0 bridgehead atoms. The molecule has 2 rings (SSSR count). The van der Waals surface area contributed by atoms with Crippen LogP contribution in [0.15, 0.2) is 24.3 Å². The van der Waals surface area contributed by atoms with Gasteiger partial charge in [-0.15, -0.1) is 0 Å². The Hall–Kier alpha value is -1.56. The summed E-state index contributed by atoms with van der Waals surface area (Å²) in [5, 5.41) is 2.92. The van der Waals surface area contributed by atoms with Crippen LogP contribution in [0.5, 0.6) is 0 Å². The summed E-state index contributed by atoms with van der Waals surface area (Å²) in [6.45, 7) is 0. The Balaban J connectivity index is 2.46. The standard InChI is InChI=1S/C11H14N2O3S/c1-12-9-4-2-5-10(8-9)13-11(14)6-3-7-17(13,15)16/h2,4-5,8,12H,3,6-7H2,1H3. The monoisotopic (exact) mass is 254 g/mol. The highest BCUT2D eigenvalue weighted by Gasteiger charge is 2.32. The Morgan fingerprint density at radius 3 is 2.76 bits per heavy atom. The molecule has 17 heavy (non-hydrogen) atoms. The van der Waals surface area contributed by atoms with Crippen molar-refractivity contribution in [2.75, 3.05) is 22.4 Å². The van der Waals surface area contributed by atoms with Crippen molar-refractivity contribution in [3.63, 3.8) is 0 Å². The number of benzene rings is 1. The number of carbonyl (C=O) groups is 1. The molecular weight excluding hydrogens is 240 g/mol. The topological polar surface area (TPSA) is 66.5 Å². The zero-order valence-corrected chi connectivity index (χ0v) is 10.3. The second-order valence-electron chi connectivity index (χ2n) is 3.88. The number of nitrogens with one attached hydrogen (secondary N) is 1. The van der Waals surface area contributed by atoms with Crippen LogP contribution in [0.2, 0.25) is 0 Å². The Labute approximate surface area is 100 Å². The minimum atomic E-state index is -3.49. The van der Waals surface area contributed by atoms with Crippen molar-refractivity contribution in [1.29, 1.82) is 0 Å². The van der Waals surface area contributed by atoms with Gasteiger partial charge < -0.3 is 5.32 Å². The third-order valence-corrected chi connectivity index (χ3v) is 4.44. The van der Waals surface area contributed by atoms with Gasteiger partial charge in [0.1, 0.15) is 0 Å². The first-order chi connectivity index (χ1) is 8.04. The maximum Gasteiger partial charge on any atom is 0.241 e. The molecule has 1 N–H and O–H groups in total. The number of carbonyl (C=O) groups excluding carboxylic acids is 1. The molecule has 1 aromatic carbocycles. The summed E-state index contributed by atoms with van der Waals surface area (Å²) in [6, 6.07) is 6.81. The molecule has 1 aliphatic rings. The maximum atomic E-state index is 11.9. The fraction of sp³-hybridized carbons (Fsp3) is 0.364. The maximum absolute atomic E-state index is 11.9. The van der Waals surface area contributed by atoms with E-state index in [0.29, 0.717) is 12.1 Å². The molecule has 0 saturated carbocycles. The molecule has 0 spiro atoms. The smallest absolute Gasteiger partial charge is 0.241 e. The highest BCUT2D eigenvalue weighted by molar-refractivity contribution is 7.93. The second kappa shape index (κ2) is 4.37. The summed E-state index contributed by atoms with van der Waals surface area (Å²) < 4.78 is 24.7. The highest BCUT2D eigenvalue weighted by Crippen LogP contribution is 2.26. The third-order valence-electron chi connectivity index (χ3n) is 2.67. The zero-order valence-electron chi connectivity index (χ0n) is 9.51. The molecule has 0 aromatic heterocycles. The van der Waals surface area contributed by atoms with Crippen LogP contribution in [0.25, 0.3) is 0 Å². The first-order valence-corrected chi connectivity index (χ1v) is 6.99. The first kappa shape index (κ1) is 11.9. The van der Waals surface area contributed by atoms with E-state index in [1.54, 1.807) is 25.2 Å². The normalized spacial score (nSPS) is 19.1. The summed E-state index contributed by atoms with van der Waals surface area (Å²) >= 11 is 0. The van der Waals surface area contributed by atoms with Crippen LogP contribution in [0.1, 0.15) is 12.8 Å². The van der Waals surface area contributed by atoms with E-state index in [1.165, 1.54) is 0 Å². The molecule has 1 aromatic rings. The minimum Gasteiger partial charge on any atom is -0.388 e. The van der Waals surface area contributed by atoms with Gasteiger partial charge in [0.15, 0.2) is 0 Å². The Morgan fingerprint density at radius 1 is 1.35 bits per heavy atom. The van der Waals surface area contributed by atoms with Crippen molar-refractivity contribution >= 4 is 27.3 Å². The van der Waals surface area contributed by atoms with Crippen LogP contribution in [0.3, 0.4) is 0 Å². The average Bonchev–Trinajstić information content (AvgIpc) is 2.28. The van der Waals surface area contributed by atoms with E-state index in [4.69, 9.17) is 0 Å². The number of hydrogen-bond acceptors (Lipinski definition) is 4. The van der Waals surface area contributed by atoms with E-state index in [1.807, 2.05) is 6.07 Å². The van der Waals surface area contributed by atoms with Crippen molar-refractivity contribution in [3.8, 4) is 0 Å². The molecule has 92 valence electrons. The predicted molar refractivity (Wildman–Crippen MR) is 66.5 cm³/mol. The van der Waals surface area contributed by atoms with Crippen LogP contribution in [0, 0.1) is 0 Å². The Bertz CT molecular complexity index is 539. The first-order valence-electron chi connectivity index (χ1n) is 5.38. The van der Waals surface area contributed by atoms with Gasteiger partial charge in [-0.25, -0.2) is 12.7 Å². The quantitative estimate of drug-likeness (QED) is 0.860. The lowest BCUT2D eigenvalue weighted by Crippen LogP contribution is -2.42. The van der Waals surface area contributed by atoms with E-state index < -0.39 is 10.0 Å². The van der Waals surface area contributed by atoms with Gasteiger partial charge in [0, 0.05) is 19.2 Å². The van der Waals surface area contributed by atoms with Gasteiger partial charge in [-0.05, 0) is 24.6 Å². The van der Waals surface area contributed by atoms with E-state index in [9.17, 15) is 13.2 Å². The summed E-state index contributed by atoms with van der Waals surface area (Å²) in [5.41, 5.74) is 1.18. The average molecular weight is 254 g/mol. The molecule has 5 nitrogen and oxygen atoms in total. The van der Waals surface area contributed by atoms with Gasteiger partial charge in [-0.3, -0.25) is 4.79 Å². The van der Waals surface area contributed by atoms with Crippen molar-refractivity contribution in [1.82, 2.24) is 0 Å². The third kappa shape index (κ3) is 2.26. The lowest BCUT2D eigenvalue weighted by atomic mass is 10.2. The van der Waals surface area contributed by atoms with Gasteiger partial charge in [0.25, 0.3) is 0 Å². The Morgan fingerprint density at radius 2 is 2.12 bits per heavy atom. The molecule has 1 aliphatic heterocycles. The largest absolute Gasteiger partial charge is 0.388 e. The number of hydrogen-bond donors (Lipinski definition) is 1. The molecule has 1 saturated heterocycles. The van der Waals surface area contributed by atoms with Gasteiger partial charge in [-0.2, -0.15) is 0 Å². The number of nitrogens with zero attached hydrogens (tertiary/aromatic N) is 1. The fourth-order valence-electron chi connectivity index (χ4n) is 1.85. The fourth-order valence-corrected chi connectivity index (χ4v) is 3.37. The van der Waals surface area contributed by atoms with Crippen LogP contribution in [-0.2, 0) is 14.8 Å². The van der Waals surface area contributed by atoms with Crippen molar-refractivity contribution in [2.24, 2.45) is 0 Å². The molecule has 1 fully saturated rings. The summed E-state index contributed by atoms with van der Waals surface area (Å²) in [4.78, 5) is 11.7. The zero-order chi connectivity index (χ0) is 12.5. The molecule has 0 aliphatic carbocycles. The minimum absolute atomic E-state index is 0.0303. The number of anilines is 2. The van der Waals surface area contributed by atoms with Crippen LogP contribution < -0.4 is 9.62 Å². The molecular formula is C11H14N2O3S. The number of rotatable bonds is 2. The second-order valence-corrected chi connectivity index (χ2v) is 5.82. The molecule has 0 radical (unpaired) electrons. The SMILES string of the molecule is CNc1cccc(N2C(=O)CCCS2(=O)=O)c1. The van der Waals surface area contributed by atoms with E-state index in [0.717, 1.165) is 9.99 Å². The van der Waals surface area contributed by atoms with Gasteiger partial charge >= 0.3 is 0 Å². The van der Waals surface area contributed by atoms with E-state index in [2.05, 4.69) is 5.32 Å². The van der Waals surface area contributed by atoms with Crippen molar-refractivity contribution < 1.29 is 13.2 Å². The highest BCUT2D eigenvalue weighted by atomic mass is 32.2. The van der Waals surface area contributed by atoms with E-state index >= 15 is 0 Å². The summed E-state index contributed by atoms with van der Waals surface area (Å²) in [7, 11) is -1.75. The Kier molecular flexibility index (Phi) is 3.06. The van der Waals surface area contributed by atoms with Crippen molar-refractivity contribution in [2.45, 2.75) is 12.8 Å². The molecule has 1 amide bonds. The van der Waals surface area contributed by atoms with Gasteiger partial charge in [0.05, 0.1) is 11.4 Å². The van der Waals surface area contributed by atoms with Crippen LogP contribution in [0.4, 0.5) is 11.4 Å². The molecule has 1 heterocycles. The van der Waals surface area contributed by atoms with Crippen LogP contribution >= 0.6 is 0 Å². The molecule has 6 heteroatoms. The molecule has 0 atom stereocenters. The lowest BCUT2D eigenvalue weighted by Gasteiger charge is -2.26. The summed E-state index contributed by atoms with van der Waals surface area (Å²) in [5.74, 6) is -0.327. The molecule has 0 unspecified atom stereocenters. The lowest BCUT2D eigenvalue weighted by molar-refractivity contribution is -0.117. The number of amides is 1. The summed E-state index contributed by atoms with van der Waals surface area (Å²) in [6.07, 6.45) is 0.687. The van der Waals surface area contributed by atoms with Crippen LogP contribution in [-0.4, -0.2) is 27.1 Å². The van der Waals surface area contributed by atoms with E-state index in [-0.39, 0.29) is 18.1 Å².